The van der Waals surface area contributed by atoms with Gasteiger partial charge in [0, 0.05) is 49.4 Å². The number of nitrogens with zero attached hydrogens (tertiary/aromatic N) is 8. The molecule has 2 aliphatic heterocycles. The SMILES string of the molecule is C[C@@H](Cc1nncn1C)c1cc(F)cc(N2Cc3c(cccc3C(F)(F)F)C2=O)c1.C[C@H](Cc1nncn1C)c1cc(F)cc(N2Cc3c(cccc3C(F)(F)F)C2=O)c1. The standard InChI is InChI=1S/2C21H18F4N4O/c2*1-12(6-19-27-26-11-28(19)2)13-7-14(22)9-15(8-13)29-10-17-16(20(29)30)4-3-5-18(17)21(23,24)25/h2*3-5,7-9,11-12H,6,10H2,1-2H3/t2*12-/m10/s1. The molecule has 2 aliphatic rings. The second kappa shape index (κ2) is 16.0. The van der Waals surface area contributed by atoms with Crippen molar-refractivity contribution in [2.24, 2.45) is 14.1 Å². The Morgan fingerprint density at radius 1 is 0.600 bits per heavy atom. The van der Waals surface area contributed by atoms with Crippen molar-refractivity contribution < 1.29 is 44.7 Å². The maximum absolute atomic E-state index is 14.4. The molecule has 2 aromatic heterocycles. The predicted molar refractivity (Wildman–Crippen MR) is 203 cm³/mol. The van der Waals surface area contributed by atoms with E-state index in [2.05, 4.69) is 20.4 Å². The molecule has 0 aliphatic carbocycles. The molecule has 0 fully saturated rings. The lowest BCUT2D eigenvalue weighted by Crippen LogP contribution is -2.23. The molecule has 60 heavy (non-hydrogen) atoms. The largest absolute Gasteiger partial charge is 0.416 e. The minimum absolute atomic E-state index is 0.0113. The molecule has 0 radical (unpaired) electrons. The van der Waals surface area contributed by atoms with Crippen molar-refractivity contribution in [2.45, 2.75) is 64.0 Å². The normalized spacial score (nSPS) is 14.9. The van der Waals surface area contributed by atoms with Crippen molar-refractivity contribution in [3.63, 3.8) is 0 Å². The van der Waals surface area contributed by atoms with E-state index in [0.29, 0.717) is 35.6 Å². The van der Waals surface area contributed by atoms with Crippen molar-refractivity contribution in [3.05, 3.63) is 153 Å². The molecule has 0 N–H and O–H groups in total. The summed E-state index contributed by atoms with van der Waals surface area (Å²) in [5, 5.41) is 15.7. The smallest absolute Gasteiger partial charge is 0.321 e. The molecule has 0 saturated carbocycles. The molecule has 0 unspecified atom stereocenters. The molecule has 10 nitrogen and oxygen atoms in total. The Morgan fingerprint density at radius 3 is 1.32 bits per heavy atom. The molecule has 0 saturated heterocycles. The highest BCUT2D eigenvalue weighted by atomic mass is 19.4. The zero-order valence-electron chi connectivity index (χ0n) is 32.5. The first kappa shape index (κ1) is 41.7. The summed E-state index contributed by atoms with van der Waals surface area (Å²) in [6, 6.07) is 15.4. The number of carbonyl (C=O) groups is 2. The number of rotatable bonds is 8. The molecule has 18 heteroatoms. The van der Waals surface area contributed by atoms with E-state index < -0.39 is 46.9 Å². The van der Waals surface area contributed by atoms with E-state index in [0.717, 1.165) is 24.3 Å². The number of alkyl halides is 6. The predicted octanol–water partition coefficient (Wildman–Crippen LogP) is 8.96. The van der Waals surface area contributed by atoms with Gasteiger partial charge in [0.15, 0.2) is 0 Å². The molecule has 4 heterocycles. The number of fused-ring (bicyclic) bond motifs is 2. The van der Waals surface area contributed by atoms with Gasteiger partial charge in [-0.15, -0.1) is 20.4 Å². The third-order valence-corrected chi connectivity index (χ3v) is 10.7. The molecular formula is C42H36F8N8O2. The first-order chi connectivity index (χ1) is 28.3. The van der Waals surface area contributed by atoms with Gasteiger partial charge in [-0.2, -0.15) is 26.3 Å². The van der Waals surface area contributed by atoms with Gasteiger partial charge in [0.1, 0.15) is 35.9 Å². The van der Waals surface area contributed by atoms with Crippen molar-refractivity contribution in [3.8, 4) is 0 Å². The van der Waals surface area contributed by atoms with Crippen LogP contribution in [0.25, 0.3) is 0 Å². The summed E-state index contributed by atoms with van der Waals surface area (Å²) in [7, 11) is 3.61. The molecule has 6 aromatic rings. The summed E-state index contributed by atoms with van der Waals surface area (Å²) < 4.78 is 112. The van der Waals surface area contributed by atoms with Crippen LogP contribution in [-0.4, -0.2) is 41.3 Å². The number of carbonyl (C=O) groups excluding carboxylic acids is 2. The quantitative estimate of drug-likeness (QED) is 0.142. The van der Waals surface area contributed by atoms with Crippen LogP contribution in [0.3, 0.4) is 0 Å². The van der Waals surface area contributed by atoms with Crippen LogP contribution in [0.2, 0.25) is 0 Å². The van der Waals surface area contributed by atoms with Crippen LogP contribution >= 0.6 is 0 Å². The van der Waals surface area contributed by atoms with Gasteiger partial charge < -0.3 is 18.9 Å². The Kier molecular flexibility index (Phi) is 11.1. The van der Waals surface area contributed by atoms with Gasteiger partial charge in [-0.3, -0.25) is 9.59 Å². The Balaban J connectivity index is 0.000000181. The maximum Gasteiger partial charge on any atom is 0.416 e. The third kappa shape index (κ3) is 8.35. The highest BCUT2D eigenvalue weighted by Gasteiger charge is 2.41. The van der Waals surface area contributed by atoms with Gasteiger partial charge in [-0.05, 0) is 94.8 Å². The lowest BCUT2D eigenvalue weighted by Gasteiger charge is -2.19. The van der Waals surface area contributed by atoms with E-state index in [1.165, 1.54) is 46.2 Å². The first-order valence-corrected chi connectivity index (χ1v) is 18.6. The van der Waals surface area contributed by atoms with Crippen molar-refractivity contribution in [1.29, 1.82) is 0 Å². The van der Waals surface area contributed by atoms with Crippen LogP contribution in [0, 0.1) is 11.6 Å². The molecule has 2 atom stereocenters. The molecule has 0 bridgehead atoms. The number of aromatic nitrogens is 6. The van der Waals surface area contributed by atoms with Gasteiger partial charge in [0.05, 0.1) is 24.2 Å². The van der Waals surface area contributed by atoms with E-state index >= 15 is 0 Å². The number of amides is 2. The zero-order chi connectivity index (χ0) is 43.3. The van der Waals surface area contributed by atoms with Crippen molar-refractivity contribution in [2.75, 3.05) is 9.80 Å². The fourth-order valence-electron chi connectivity index (χ4n) is 7.45. The second-order valence-corrected chi connectivity index (χ2v) is 14.9. The number of benzene rings is 4. The zero-order valence-corrected chi connectivity index (χ0v) is 32.5. The molecule has 2 amide bonds. The van der Waals surface area contributed by atoms with E-state index in [-0.39, 0.29) is 58.6 Å². The average molecular weight is 837 g/mol. The Morgan fingerprint density at radius 2 is 0.983 bits per heavy atom. The second-order valence-electron chi connectivity index (χ2n) is 14.9. The average Bonchev–Trinajstić information content (AvgIpc) is 3.96. The summed E-state index contributed by atoms with van der Waals surface area (Å²) in [4.78, 5) is 27.9. The topological polar surface area (TPSA) is 102 Å². The third-order valence-electron chi connectivity index (χ3n) is 10.7. The van der Waals surface area contributed by atoms with Crippen molar-refractivity contribution >= 4 is 23.2 Å². The van der Waals surface area contributed by atoms with Gasteiger partial charge in [0.25, 0.3) is 11.8 Å². The number of hydrogen-bond acceptors (Lipinski definition) is 6. The highest BCUT2D eigenvalue weighted by Crippen LogP contribution is 2.41. The van der Waals surface area contributed by atoms with Crippen LogP contribution < -0.4 is 9.80 Å². The lowest BCUT2D eigenvalue weighted by atomic mass is 9.96. The lowest BCUT2D eigenvalue weighted by molar-refractivity contribution is -0.139. The summed E-state index contributed by atoms with van der Waals surface area (Å²) in [5.74, 6) is -1.14. The van der Waals surface area contributed by atoms with Gasteiger partial charge in [0.2, 0.25) is 0 Å². The van der Waals surface area contributed by atoms with E-state index in [9.17, 15) is 44.7 Å². The summed E-state index contributed by atoms with van der Waals surface area (Å²) in [6.07, 6.45) is -5.02. The summed E-state index contributed by atoms with van der Waals surface area (Å²) in [6.45, 7) is 3.25. The highest BCUT2D eigenvalue weighted by molar-refractivity contribution is 6.11. The minimum Gasteiger partial charge on any atom is -0.321 e. The van der Waals surface area contributed by atoms with Crippen LogP contribution in [0.1, 0.15) is 91.4 Å². The van der Waals surface area contributed by atoms with Crippen LogP contribution in [-0.2, 0) is 52.4 Å². The maximum atomic E-state index is 14.4. The minimum atomic E-state index is -4.57. The van der Waals surface area contributed by atoms with Crippen molar-refractivity contribution in [1.82, 2.24) is 29.5 Å². The van der Waals surface area contributed by atoms with Crippen LogP contribution in [0.15, 0.2) is 85.5 Å². The number of halogens is 8. The van der Waals surface area contributed by atoms with Crippen LogP contribution in [0.4, 0.5) is 46.5 Å². The van der Waals surface area contributed by atoms with E-state index in [1.54, 1.807) is 48.0 Å². The molecule has 4 aromatic carbocycles. The summed E-state index contributed by atoms with van der Waals surface area (Å²) in [5.41, 5.74) is -0.202. The molecule has 312 valence electrons. The number of hydrogen-bond donors (Lipinski definition) is 0. The Labute approximate surface area is 338 Å². The van der Waals surface area contributed by atoms with E-state index in [1.807, 2.05) is 13.8 Å². The Hall–Kier alpha value is -6.46. The number of aryl methyl sites for hydroxylation is 2. The van der Waals surface area contributed by atoms with Crippen LogP contribution in [0.5, 0.6) is 0 Å². The molecule has 8 rings (SSSR count). The fraction of sp³-hybridized carbons (Fsp3) is 0.286. The van der Waals surface area contributed by atoms with Gasteiger partial charge in [-0.25, -0.2) is 8.78 Å². The van der Waals surface area contributed by atoms with E-state index in [4.69, 9.17) is 0 Å². The monoisotopic (exact) mass is 836 g/mol. The van der Waals surface area contributed by atoms with Gasteiger partial charge in [-0.1, -0.05) is 26.0 Å². The fourth-order valence-corrected chi connectivity index (χ4v) is 7.45. The first-order valence-electron chi connectivity index (χ1n) is 18.6. The summed E-state index contributed by atoms with van der Waals surface area (Å²) >= 11 is 0. The van der Waals surface area contributed by atoms with Gasteiger partial charge >= 0.3 is 12.4 Å². The Bertz CT molecular complexity index is 2420. The molecule has 0 spiro atoms. The molecular weight excluding hydrogens is 800 g/mol. The number of anilines is 2.